The van der Waals surface area contributed by atoms with Crippen molar-refractivity contribution in [2.24, 2.45) is 5.92 Å². The maximum Gasteiger partial charge on any atom is 0.145 e. The molecule has 34 heavy (non-hydrogen) atoms. The van der Waals surface area contributed by atoms with Crippen molar-refractivity contribution in [3.8, 4) is 0 Å². The molecule has 178 valence electrons. The molecule has 0 saturated heterocycles. The SMILES string of the molecule is CNc1ncnc2c1ccn2C1CCC(CNCCCNCCc2ccc3ccccc3c2)C1. The fourth-order valence-corrected chi connectivity index (χ4v) is 5.35. The van der Waals surface area contributed by atoms with Crippen LogP contribution in [0.15, 0.2) is 61.1 Å². The lowest BCUT2D eigenvalue weighted by Gasteiger charge is -2.15. The first-order valence-corrected chi connectivity index (χ1v) is 12.7. The maximum absolute atomic E-state index is 4.55. The van der Waals surface area contributed by atoms with Gasteiger partial charge >= 0.3 is 0 Å². The Labute approximate surface area is 202 Å². The average molecular weight is 457 g/mol. The summed E-state index contributed by atoms with van der Waals surface area (Å²) in [5.41, 5.74) is 2.46. The molecule has 2 atom stereocenters. The smallest absolute Gasteiger partial charge is 0.145 e. The summed E-state index contributed by atoms with van der Waals surface area (Å²) in [7, 11) is 1.91. The van der Waals surface area contributed by atoms with Crippen molar-refractivity contribution in [1.29, 1.82) is 0 Å². The van der Waals surface area contributed by atoms with Gasteiger partial charge in [0.15, 0.2) is 0 Å². The second-order valence-electron chi connectivity index (χ2n) is 9.50. The number of anilines is 1. The van der Waals surface area contributed by atoms with Gasteiger partial charge in [-0.15, -0.1) is 0 Å². The first-order chi connectivity index (χ1) is 16.8. The molecule has 0 aliphatic heterocycles. The molecule has 1 aliphatic carbocycles. The Morgan fingerprint density at radius 3 is 2.74 bits per heavy atom. The Kier molecular flexibility index (Phi) is 7.37. The quantitative estimate of drug-likeness (QED) is 0.284. The maximum atomic E-state index is 4.55. The number of rotatable bonds is 11. The van der Waals surface area contributed by atoms with Crippen LogP contribution >= 0.6 is 0 Å². The highest BCUT2D eigenvalue weighted by atomic mass is 15.1. The molecule has 4 aromatic rings. The summed E-state index contributed by atoms with van der Waals surface area (Å²) in [6, 6.07) is 18.1. The van der Waals surface area contributed by atoms with Crippen LogP contribution in [0.4, 0.5) is 5.82 Å². The molecule has 2 unspecified atom stereocenters. The van der Waals surface area contributed by atoms with Gasteiger partial charge in [-0.1, -0.05) is 42.5 Å². The molecule has 3 N–H and O–H groups in total. The minimum Gasteiger partial charge on any atom is -0.372 e. The van der Waals surface area contributed by atoms with Crippen LogP contribution in [0.25, 0.3) is 21.8 Å². The second kappa shape index (κ2) is 11.0. The topological polar surface area (TPSA) is 66.8 Å². The van der Waals surface area contributed by atoms with Crippen molar-refractivity contribution in [2.45, 2.75) is 38.1 Å². The zero-order chi connectivity index (χ0) is 23.2. The van der Waals surface area contributed by atoms with E-state index in [0.717, 1.165) is 55.4 Å². The zero-order valence-electron chi connectivity index (χ0n) is 20.1. The monoisotopic (exact) mass is 456 g/mol. The minimum atomic E-state index is 0.542. The van der Waals surface area contributed by atoms with Gasteiger partial charge in [-0.25, -0.2) is 9.97 Å². The Balaban J connectivity index is 0.977. The largest absolute Gasteiger partial charge is 0.372 e. The average Bonchev–Trinajstić information content (AvgIpc) is 3.52. The molecule has 0 bridgehead atoms. The van der Waals surface area contributed by atoms with Crippen LogP contribution in [0.1, 0.15) is 37.3 Å². The van der Waals surface area contributed by atoms with Crippen molar-refractivity contribution in [2.75, 3.05) is 38.5 Å². The molecule has 0 radical (unpaired) electrons. The predicted molar refractivity (Wildman–Crippen MR) is 141 cm³/mol. The standard InChI is InChI=1S/C28H36N6/c1-29-27-26-12-16-34(28(26)33-20-32-27)25-10-8-22(18-25)19-31-14-4-13-30-15-11-21-7-9-23-5-2-3-6-24(23)17-21/h2-3,5-7,9,12,16-17,20,22,25,30-31H,4,8,10-11,13-15,18-19H2,1H3,(H,29,32,33). The Morgan fingerprint density at radius 2 is 1.82 bits per heavy atom. The van der Waals surface area contributed by atoms with Gasteiger partial charge in [-0.3, -0.25) is 0 Å². The summed E-state index contributed by atoms with van der Waals surface area (Å²) in [4.78, 5) is 8.88. The molecule has 2 aromatic heterocycles. The van der Waals surface area contributed by atoms with Crippen LogP contribution in [0, 0.1) is 5.92 Å². The summed E-state index contributed by atoms with van der Waals surface area (Å²) in [6.07, 6.45) is 9.82. The Bertz CT molecular complexity index is 1220. The van der Waals surface area contributed by atoms with Crippen LogP contribution in [-0.2, 0) is 6.42 Å². The number of nitrogens with one attached hydrogen (secondary N) is 3. The Hall–Kier alpha value is -2.96. The van der Waals surface area contributed by atoms with Crippen LogP contribution in [0.3, 0.4) is 0 Å². The summed E-state index contributed by atoms with van der Waals surface area (Å²) in [5, 5.41) is 14.2. The summed E-state index contributed by atoms with van der Waals surface area (Å²) >= 11 is 0. The van der Waals surface area contributed by atoms with Gasteiger partial charge in [0.1, 0.15) is 17.8 Å². The fraction of sp³-hybridized carbons (Fsp3) is 0.429. The van der Waals surface area contributed by atoms with Crippen molar-refractivity contribution < 1.29 is 0 Å². The van der Waals surface area contributed by atoms with E-state index in [9.17, 15) is 0 Å². The highest BCUT2D eigenvalue weighted by molar-refractivity contribution is 5.87. The molecule has 2 aromatic carbocycles. The number of nitrogens with zero attached hydrogens (tertiary/aromatic N) is 3. The number of hydrogen-bond acceptors (Lipinski definition) is 5. The van der Waals surface area contributed by atoms with E-state index in [4.69, 9.17) is 0 Å². The van der Waals surface area contributed by atoms with Crippen molar-refractivity contribution in [1.82, 2.24) is 25.2 Å². The molecule has 1 fully saturated rings. The summed E-state index contributed by atoms with van der Waals surface area (Å²) in [6.45, 7) is 4.29. The van der Waals surface area contributed by atoms with Gasteiger partial charge in [0.05, 0.1) is 5.39 Å². The van der Waals surface area contributed by atoms with E-state index in [-0.39, 0.29) is 0 Å². The second-order valence-corrected chi connectivity index (χ2v) is 9.50. The molecule has 2 heterocycles. The lowest BCUT2D eigenvalue weighted by Crippen LogP contribution is -2.26. The molecular weight excluding hydrogens is 420 g/mol. The van der Waals surface area contributed by atoms with Gasteiger partial charge in [0.2, 0.25) is 0 Å². The highest BCUT2D eigenvalue weighted by Gasteiger charge is 2.26. The molecular formula is C28H36N6. The number of aromatic nitrogens is 3. The molecule has 1 aliphatic rings. The van der Waals surface area contributed by atoms with Crippen LogP contribution in [0.2, 0.25) is 0 Å². The molecule has 5 rings (SSSR count). The van der Waals surface area contributed by atoms with Crippen LogP contribution < -0.4 is 16.0 Å². The predicted octanol–water partition coefficient (Wildman–Crippen LogP) is 4.78. The van der Waals surface area contributed by atoms with Gasteiger partial charge in [0.25, 0.3) is 0 Å². The van der Waals surface area contributed by atoms with E-state index < -0.39 is 0 Å². The van der Waals surface area contributed by atoms with Gasteiger partial charge in [-0.2, -0.15) is 0 Å². The summed E-state index contributed by atoms with van der Waals surface area (Å²) in [5.74, 6) is 1.65. The van der Waals surface area contributed by atoms with Crippen LogP contribution in [0.5, 0.6) is 0 Å². The number of hydrogen-bond donors (Lipinski definition) is 3. The van der Waals surface area contributed by atoms with Gasteiger partial charge in [-0.05, 0) is 86.6 Å². The lowest BCUT2D eigenvalue weighted by molar-refractivity contribution is 0.452. The third-order valence-electron chi connectivity index (χ3n) is 7.20. The van der Waals surface area contributed by atoms with Crippen molar-refractivity contribution in [3.63, 3.8) is 0 Å². The van der Waals surface area contributed by atoms with E-state index >= 15 is 0 Å². The Morgan fingerprint density at radius 1 is 0.941 bits per heavy atom. The van der Waals surface area contributed by atoms with E-state index in [2.05, 4.69) is 85.2 Å². The van der Waals surface area contributed by atoms with Crippen molar-refractivity contribution >= 4 is 27.6 Å². The molecule has 1 saturated carbocycles. The summed E-state index contributed by atoms with van der Waals surface area (Å²) < 4.78 is 2.36. The number of benzene rings is 2. The first-order valence-electron chi connectivity index (χ1n) is 12.7. The molecule has 0 spiro atoms. The zero-order valence-corrected chi connectivity index (χ0v) is 20.1. The first kappa shape index (κ1) is 22.8. The van der Waals surface area contributed by atoms with E-state index in [1.54, 1.807) is 6.33 Å². The molecule has 6 nitrogen and oxygen atoms in total. The van der Waals surface area contributed by atoms with Gasteiger partial charge < -0.3 is 20.5 Å². The molecule has 6 heteroatoms. The third-order valence-corrected chi connectivity index (χ3v) is 7.20. The van der Waals surface area contributed by atoms with E-state index in [1.807, 2.05) is 7.05 Å². The van der Waals surface area contributed by atoms with E-state index in [0.29, 0.717) is 6.04 Å². The minimum absolute atomic E-state index is 0.542. The van der Waals surface area contributed by atoms with Crippen LogP contribution in [-0.4, -0.2) is 47.8 Å². The number of fused-ring (bicyclic) bond motifs is 2. The highest BCUT2D eigenvalue weighted by Crippen LogP contribution is 2.36. The normalized spacial score (nSPS) is 18.1. The molecule has 0 amide bonds. The lowest BCUT2D eigenvalue weighted by atomic mass is 10.1. The van der Waals surface area contributed by atoms with Crippen molar-refractivity contribution in [3.05, 3.63) is 66.6 Å². The van der Waals surface area contributed by atoms with Gasteiger partial charge in [0, 0.05) is 19.3 Å². The fourth-order valence-electron chi connectivity index (χ4n) is 5.35. The third kappa shape index (κ3) is 5.24. The van der Waals surface area contributed by atoms with E-state index in [1.165, 1.54) is 42.0 Å².